The topological polar surface area (TPSA) is 136 Å². The van der Waals surface area contributed by atoms with E-state index in [1.807, 2.05) is 0 Å². The third-order valence-corrected chi connectivity index (χ3v) is 6.04. The van der Waals surface area contributed by atoms with Gasteiger partial charge in [-0.3, -0.25) is 9.78 Å². The number of allylic oxidation sites excluding steroid dienone is 1. The molecule has 36 heavy (non-hydrogen) atoms. The number of pyridine rings is 2. The second-order valence-electron chi connectivity index (χ2n) is 8.50. The van der Waals surface area contributed by atoms with Crippen molar-refractivity contribution in [2.45, 2.75) is 37.8 Å². The fourth-order valence-electron chi connectivity index (χ4n) is 4.15. The summed E-state index contributed by atoms with van der Waals surface area (Å²) in [5.41, 5.74) is 6.94. The van der Waals surface area contributed by atoms with E-state index in [0.717, 1.165) is 12.4 Å². The number of alkyl halides is 2. The highest BCUT2D eigenvalue weighted by Crippen LogP contribution is 2.33. The van der Waals surface area contributed by atoms with Gasteiger partial charge in [0.15, 0.2) is 11.4 Å². The number of nitrogens with zero attached hydrogens (tertiary/aromatic N) is 4. The number of carbonyl (C=O) groups is 1. The SMILES string of the molecule is N#CC1(NC(=O)[C@@H]2CCC(=C(N)c3cncc(OC(F)F)c3)C(=Nc3ccc(F)cn3)C2)CCOC1. The maximum Gasteiger partial charge on any atom is 0.387 e. The van der Waals surface area contributed by atoms with E-state index in [0.29, 0.717) is 42.7 Å². The van der Waals surface area contributed by atoms with Crippen LogP contribution in [0.3, 0.4) is 0 Å². The number of halogens is 3. The summed E-state index contributed by atoms with van der Waals surface area (Å²) in [6, 6.07) is 6.07. The van der Waals surface area contributed by atoms with Gasteiger partial charge in [0.05, 0.1) is 31.7 Å². The minimum atomic E-state index is -3.02. The van der Waals surface area contributed by atoms with Crippen LogP contribution in [0.4, 0.5) is 19.0 Å². The Balaban J connectivity index is 1.65. The molecular formula is C24H23F3N6O3. The summed E-state index contributed by atoms with van der Waals surface area (Å²) < 4.78 is 48.4. The van der Waals surface area contributed by atoms with E-state index in [4.69, 9.17) is 10.5 Å². The van der Waals surface area contributed by atoms with Crippen LogP contribution in [-0.2, 0) is 9.53 Å². The minimum absolute atomic E-state index is 0.116. The van der Waals surface area contributed by atoms with Gasteiger partial charge in [-0.15, -0.1) is 0 Å². The van der Waals surface area contributed by atoms with Gasteiger partial charge in [-0.05, 0) is 36.6 Å². The lowest BCUT2D eigenvalue weighted by Gasteiger charge is -2.29. The average Bonchev–Trinajstić information content (AvgIpc) is 3.33. The number of hydrogen-bond acceptors (Lipinski definition) is 8. The molecule has 2 atom stereocenters. The Morgan fingerprint density at radius 1 is 1.36 bits per heavy atom. The highest BCUT2D eigenvalue weighted by Gasteiger charge is 2.39. The molecule has 12 heteroatoms. The number of carbonyl (C=O) groups excluding carboxylic acids is 1. The number of hydrogen-bond donors (Lipinski definition) is 2. The highest BCUT2D eigenvalue weighted by atomic mass is 19.3. The fraction of sp³-hybridized carbons (Fsp3) is 0.375. The lowest BCUT2D eigenvalue weighted by atomic mass is 9.81. The minimum Gasteiger partial charge on any atom is -0.433 e. The van der Waals surface area contributed by atoms with Gasteiger partial charge in [-0.25, -0.2) is 14.4 Å². The summed E-state index contributed by atoms with van der Waals surface area (Å²) in [5, 5.41) is 12.4. The lowest BCUT2D eigenvalue weighted by molar-refractivity contribution is -0.126. The summed E-state index contributed by atoms with van der Waals surface area (Å²) in [7, 11) is 0. The zero-order valence-electron chi connectivity index (χ0n) is 19.1. The molecule has 188 valence electrons. The maximum absolute atomic E-state index is 13.3. The molecule has 2 aromatic rings. The first-order valence-electron chi connectivity index (χ1n) is 11.2. The van der Waals surface area contributed by atoms with Crippen molar-refractivity contribution in [1.82, 2.24) is 15.3 Å². The van der Waals surface area contributed by atoms with Crippen molar-refractivity contribution in [1.29, 1.82) is 5.26 Å². The molecule has 1 aliphatic heterocycles. The van der Waals surface area contributed by atoms with Crippen LogP contribution in [0.2, 0.25) is 0 Å². The summed E-state index contributed by atoms with van der Waals surface area (Å²) in [5.74, 6) is -1.30. The van der Waals surface area contributed by atoms with Crippen molar-refractivity contribution >= 4 is 23.1 Å². The third kappa shape index (κ3) is 5.80. The van der Waals surface area contributed by atoms with Gasteiger partial charge in [0, 0.05) is 41.9 Å². The predicted octanol–water partition coefficient (Wildman–Crippen LogP) is 3.26. The van der Waals surface area contributed by atoms with Gasteiger partial charge in [-0.2, -0.15) is 14.0 Å². The molecule has 1 saturated carbocycles. The van der Waals surface area contributed by atoms with E-state index in [-0.39, 0.29) is 36.2 Å². The number of aromatic nitrogens is 2. The first kappa shape index (κ1) is 25.1. The molecule has 2 aliphatic rings. The first-order valence-corrected chi connectivity index (χ1v) is 11.2. The van der Waals surface area contributed by atoms with E-state index in [2.05, 4.69) is 31.1 Å². The quantitative estimate of drug-likeness (QED) is 0.621. The Morgan fingerprint density at radius 3 is 2.86 bits per heavy atom. The Hall–Kier alpha value is -3.98. The molecule has 1 amide bonds. The average molecular weight is 500 g/mol. The standard InChI is InChI=1S/C24H23F3N6O3/c25-16-2-4-20(31-10-16)32-19-8-14(22(34)33-24(12-28)5-6-35-13-24)1-3-18(19)21(29)15-7-17(11-30-9-15)36-23(26)27/h2,4,7,9-11,14,23H,1,3,5-6,8,13,29H2,(H,33,34)/t14-,24?/m1/s1. The molecule has 2 aromatic heterocycles. The molecule has 1 aliphatic carbocycles. The fourth-order valence-corrected chi connectivity index (χ4v) is 4.15. The molecule has 0 spiro atoms. The van der Waals surface area contributed by atoms with Crippen LogP contribution in [-0.4, -0.2) is 47.0 Å². The maximum atomic E-state index is 13.3. The van der Waals surface area contributed by atoms with Crippen LogP contribution in [0.25, 0.3) is 5.70 Å². The largest absolute Gasteiger partial charge is 0.433 e. The molecule has 9 nitrogen and oxygen atoms in total. The Labute approximate surface area is 204 Å². The van der Waals surface area contributed by atoms with Crippen molar-refractivity contribution < 1.29 is 27.4 Å². The molecule has 4 rings (SSSR count). The number of ether oxygens (including phenoxy) is 2. The smallest absolute Gasteiger partial charge is 0.387 e. The number of rotatable bonds is 6. The van der Waals surface area contributed by atoms with Gasteiger partial charge < -0.3 is 20.5 Å². The van der Waals surface area contributed by atoms with Crippen LogP contribution in [0.1, 0.15) is 31.2 Å². The number of amides is 1. The molecule has 0 bridgehead atoms. The summed E-state index contributed by atoms with van der Waals surface area (Å²) >= 11 is 0. The number of nitrogens with two attached hydrogens (primary N) is 1. The molecule has 3 N–H and O–H groups in total. The van der Waals surface area contributed by atoms with Crippen molar-refractivity contribution in [3.63, 3.8) is 0 Å². The number of nitriles is 1. The summed E-state index contributed by atoms with van der Waals surface area (Å²) in [6.45, 7) is -2.52. The zero-order valence-corrected chi connectivity index (χ0v) is 19.1. The van der Waals surface area contributed by atoms with Crippen molar-refractivity contribution in [3.05, 3.63) is 53.7 Å². The molecular weight excluding hydrogens is 477 g/mol. The van der Waals surface area contributed by atoms with Gasteiger partial charge in [0.1, 0.15) is 11.6 Å². The number of aliphatic imine (C=N–C) groups is 1. The Kier molecular flexibility index (Phi) is 7.49. The number of nitrogens with one attached hydrogen (secondary N) is 1. The Morgan fingerprint density at radius 2 is 2.19 bits per heavy atom. The van der Waals surface area contributed by atoms with Crippen molar-refractivity contribution in [2.24, 2.45) is 16.6 Å². The molecule has 0 radical (unpaired) electrons. The van der Waals surface area contributed by atoms with E-state index in [9.17, 15) is 23.2 Å². The lowest BCUT2D eigenvalue weighted by Crippen LogP contribution is -2.50. The van der Waals surface area contributed by atoms with Gasteiger partial charge in [0.2, 0.25) is 5.91 Å². The highest BCUT2D eigenvalue weighted by molar-refractivity contribution is 6.09. The first-order chi connectivity index (χ1) is 17.3. The van der Waals surface area contributed by atoms with Crippen LogP contribution >= 0.6 is 0 Å². The van der Waals surface area contributed by atoms with Crippen LogP contribution in [0.5, 0.6) is 5.75 Å². The molecule has 1 unspecified atom stereocenters. The molecule has 3 heterocycles. The summed E-state index contributed by atoms with van der Waals surface area (Å²) in [6.07, 6.45) is 4.87. The van der Waals surface area contributed by atoms with E-state index < -0.39 is 23.9 Å². The molecule has 1 saturated heterocycles. The Bertz CT molecular complexity index is 1220. The van der Waals surface area contributed by atoms with Crippen LogP contribution in [0, 0.1) is 23.1 Å². The van der Waals surface area contributed by atoms with Gasteiger partial charge in [0.25, 0.3) is 0 Å². The van der Waals surface area contributed by atoms with Crippen LogP contribution < -0.4 is 15.8 Å². The third-order valence-electron chi connectivity index (χ3n) is 6.04. The van der Waals surface area contributed by atoms with Crippen LogP contribution in [0.15, 0.2) is 47.4 Å². The normalized spacial score (nSPS) is 24.4. The van der Waals surface area contributed by atoms with Gasteiger partial charge >= 0.3 is 6.61 Å². The van der Waals surface area contributed by atoms with Gasteiger partial charge in [-0.1, -0.05) is 0 Å². The zero-order chi connectivity index (χ0) is 25.7. The van der Waals surface area contributed by atoms with E-state index in [1.165, 1.54) is 24.4 Å². The summed E-state index contributed by atoms with van der Waals surface area (Å²) in [4.78, 5) is 25.5. The monoisotopic (exact) mass is 500 g/mol. The van der Waals surface area contributed by atoms with Crippen molar-refractivity contribution in [3.8, 4) is 11.8 Å². The molecule has 0 aromatic carbocycles. The van der Waals surface area contributed by atoms with Crippen molar-refractivity contribution in [2.75, 3.05) is 13.2 Å². The second-order valence-corrected chi connectivity index (χ2v) is 8.50. The second kappa shape index (κ2) is 10.7. The molecule has 2 fully saturated rings. The van der Waals surface area contributed by atoms with E-state index in [1.54, 1.807) is 0 Å². The van der Waals surface area contributed by atoms with E-state index >= 15 is 0 Å². The predicted molar refractivity (Wildman–Crippen MR) is 123 cm³/mol.